The van der Waals surface area contributed by atoms with Crippen molar-refractivity contribution in [1.29, 1.82) is 5.41 Å². The summed E-state index contributed by atoms with van der Waals surface area (Å²) in [6, 6.07) is -1.02. The minimum absolute atomic E-state index is 0.118. The first-order chi connectivity index (χ1) is 12.9. The van der Waals surface area contributed by atoms with Gasteiger partial charge in [-0.2, -0.15) is 0 Å². The summed E-state index contributed by atoms with van der Waals surface area (Å²) in [6.45, 7) is 1.74. The molecule has 0 radical (unpaired) electrons. The number of nitrogens with two attached hydrogens (primary N) is 1. The number of ether oxygens (including phenoxy) is 4. The molecule has 0 spiro atoms. The Balaban J connectivity index is 4.75. The van der Waals surface area contributed by atoms with Crippen molar-refractivity contribution in [2.24, 2.45) is 5.73 Å². The van der Waals surface area contributed by atoms with Crippen molar-refractivity contribution in [3.8, 4) is 0 Å². The summed E-state index contributed by atoms with van der Waals surface area (Å²) >= 11 is 0. The number of nitrogens with one attached hydrogen (secondary N) is 2. The maximum Gasteiger partial charge on any atom is 0.326 e. The first kappa shape index (κ1) is 25.1. The highest BCUT2D eigenvalue weighted by atomic mass is 16.5. The minimum Gasteiger partial charge on any atom is -0.480 e. The van der Waals surface area contributed by atoms with Gasteiger partial charge >= 0.3 is 5.97 Å². The van der Waals surface area contributed by atoms with Gasteiger partial charge in [0.15, 0.2) is 5.96 Å². The molecule has 0 saturated heterocycles. The summed E-state index contributed by atoms with van der Waals surface area (Å²) in [6.07, 6.45) is 0.632. The van der Waals surface area contributed by atoms with Crippen LogP contribution in [0.2, 0.25) is 0 Å². The zero-order valence-corrected chi connectivity index (χ0v) is 16.1. The Morgan fingerprint density at radius 3 is 2.30 bits per heavy atom. The van der Waals surface area contributed by atoms with Crippen molar-refractivity contribution in [3.05, 3.63) is 0 Å². The lowest BCUT2D eigenvalue weighted by molar-refractivity contribution is -0.153. The number of rotatable bonds is 17. The van der Waals surface area contributed by atoms with Crippen LogP contribution >= 0.6 is 0 Å². The summed E-state index contributed by atoms with van der Waals surface area (Å²) in [5.74, 6) is -1.73. The molecule has 1 amide bonds. The van der Waals surface area contributed by atoms with Crippen LogP contribution in [0.4, 0.5) is 0 Å². The Morgan fingerprint density at radius 1 is 1.11 bits per heavy atom. The van der Waals surface area contributed by atoms with E-state index in [1.54, 1.807) is 7.11 Å². The standard InChI is InChI=1S/C16H32N4O7/c1-24-8-10-26-7-6-20(14(21)12-27-11-9-25-2)13(15(22)23)4-3-5-19-16(17)18/h13H,3-12H2,1-2H3,(H,22,23)(H4,17,18,19). The zero-order valence-electron chi connectivity index (χ0n) is 16.1. The van der Waals surface area contributed by atoms with E-state index in [1.807, 2.05) is 0 Å². The number of carbonyl (C=O) groups excluding carboxylic acids is 1. The predicted octanol–water partition coefficient (Wildman–Crippen LogP) is -1.14. The molecule has 11 heteroatoms. The van der Waals surface area contributed by atoms with Crippen molar-refractivity contribution < 1.29 is 33.6 Å². The molecular formula is C16H32N4O7. The monoisotopic (exact) mass is 392 g/mol. The SMILES string of the molecule is COCCOCCN(C(=O)COCCOC)C(CCCNC(=N)N)C(=O)O. The van der Waals surface area contributed by atoms with Crippen molar-refractivity contribution in [3.63, 3.8) is 0 Å². The van der Waals surface area contributed by atoms with Gasteiger partial charge in [-0.15, -0.1) is 0 Å². The van der Waals surface area contributed by atoms with Gasteiger partial charge in [0.2, 0.25) is 5.91 Å². The highest BCUT2D eigenvalue weighted by molar-refractivity contribution is 5.84. The highest BCUT2D eigenvalue weighted by Crippen LogP contribution is 2.09. The molecule has 1 unspecified atom stereocenters. The van der Waals surface area contributed by atoms with Gasteiger partial charge in [-0.1, -0.05) is 0 Å². The third-order valence-electron chi connectivity index (χ3n) is 3.52. The quantitative estimate of drug-likeness (QED) is 0.136. The number of amides is 1. The largest absolute Gasteiger partial charge is 0.480 e. The van der Waals surface area contributed by atoms with E-state index < -0.39 is 17.9 Å². The molecule has 0 bridgehead atoms. The molecule has 0 aromatic rings. The van der Waals surface area contributed by atoms with Crippen LogP contribution in [0, 0.1) is 5.41 Å². The first-order valence-corrected chi connectivity index (χ1v) is 8.67. The molecule has 0 aliphatic carbocycles. The minimum atomic E-state index is -1.11. The fourth-order valence-corrected chi connectivity index (χ4v) is 2.18. The number of carboxylic acids is 1. The lowest BCUT2D eigenvalue weighted by Crippen LogP contribution is -2.48. The van der Waals surface area contributed by atoms with Crippen LogP contribution in [0.25, 0.3) is 0 Å². The molecular weight excluding hydrogens is 360 g/mol. The van der Waals surface area contributed by atoms with Crippen LogP contribution in [0.1, 0.15) is 12.8 Å². The summed E-state index contributed by atoms with van der Waals surface area (Å²) in [4.78, 5) is 25.4. The lowest BCUT2D eigenvalue weighted by atomic mass is 10.1. The third-order valence-corrected chi connectivity index (χ3v) is 3.52. The fourth-order valence-electron chi connectivity index (χ4n) is 2.18. The smallest absolute Gasteiger partial charge is 0.326 e. The molecule has 0 aliphatic rings. The second-order valence-corrected chi connectivity index (χ2v) is 5.57. The number of nitrogens with zero attached hydrogens (tertiary/aromatic N) is 1. The van der Waals surface area contributed by atoms with E-state index in [4.69, 9.17) is 30.1 Å². The van der Waals surface area contributed by atoms with E-state index in [-0.39, 0.29) is 38.7 Å². The van der Waals surface area contributed by atoms with Crippen LogP contribution in [0.15, 0.2) is 0 Å². The Bertz CT molecular complexity index is 437. The van der Waals surface area contributed by atoms with E-state index in [0.717, 1.165) is 0 Å². The van der Waals surface area contributed by atoms with Crippen LogP contribution in [0.3, 0.4) is 0 Å². The van der Waals surface area contributed by atoms with E-state index in [9.17, 15) is 14.7 Å². The number of hydrogen-bond acceptors (Lipinski definition) is 7. The predicted molar refractivity (Wildman–Crippen MR) is 97.7 cm³/mol. The maximum atomic E-state index is 12.5. The zero-order chi connectivity index (χ0) is 20.5. The topological polar surface area (TPSA) is 156 Å². The van der Waals surface area contributed by atoms with Crippen LogP contribution in [0.5, 0.6) is 0 Å². The van der Waals surface area contributed by atoms with Crippen LogP contribution < -0.4 is 11.1 Å². The van der Waals surface area contributed by atoms with Crippen LogP contribution in [-0.2, 0) is 28.5 Å². The number of carbonyl (C=O) groups is 2. The Hall–Kier alpha value is -1.95. The van der Waals surface area contributed by atoms with Crippen molar-refractivity contribution >= 4 is 17.8 Å². The lowest BCUT2D eigenvalue weighted by Gasteiger charge is -2.29. The van der Waals surface area contributed by atoms with Crippen LogP contribution in [-0.4, -0.2) is 101 Å². The Labute approximate surface area is 159 Å². The maximum absolute atomic E-state index is 12.5. The van der Waals surface area contributed by atoms with Gasteiger partial charge in [0, 0.05) is 27.3 Å². The molecule has 158 valence electrons. The average Bonchev–Trinajstić information content (AvgIpc) is 2.62. The molecule has 0 aliphatic heterocycles. The van der Waals surface area contributed by atoms with Gasteiger partial charge in [-0.3, -0.25) is 10.2 Å². The summed E-state index contributed by atoms with van der Waals surface area (Å²) in [7, 11) is 3.07. The Morgan fingerprint density at radius 2 is 1.74 bits per heavy atom. The number of hydrogen-bond donors (Lipinski definition) is 4. The van der Waals surface area contributed by atoms with Gasteiger partial charge in [0.05, 0.1) is 33.0 Å². The van der Waals surface area contributed by atoms with Gasteiger partial charge in [0.1, 0.15) is 12.6 Å². The van der Waals surface area contributed by atoms with E-state index in [2.05, 4.69) is 5.32 Å². The molecule has 0 aromatic heterocycles. The second kappa shape index (κ2) is 16.2. The summed E-state index contributed by atoms with van der Waals surface area (Å²) < 4.78 is 20.3. The molecule has 11 nitrogen and oxygen atoms in total. The van der Waals surface area contributed by atoms with Gasteiger partial charge in [-0.05, 0) is 12.8 Å². The molecule has 0 heterocycles. The van der Waals surface area contributed by atoms with Gasteiger partial charge < -0.3 is 40.0 Å². The van der Waals surface area contributed by atoms with E-state index in [1.165, 1.54) is 12.0 Å². The molecule has 0 fully saturated rings. The van der Waals surface area contributed by atoms with E-state index in [0.29, 0.717) is 32.8 Å². The average molecular weight is 392 g/mol. The Kier molecular flexibility index (Phi) is 15.1. The van der Waals surface area contributed by atoms with E-state index >= 15 is 0 Å². The second-order valence-electron chi connectivity index (χ2n) is 5.57. The highest BCUT2D eigenvalue weighted by Gasteiger charge is 2.29. The summed E-state index contributed by atoms with van der Waals surface area (Å²) in [5, 5.41) is 19.3. The van der Waals surface area contributed by atoms with Crippen molar-refractivity contribution in [2.75, 3.05) is 67.0 Å². The number of aliphatic carboxylic acids is 1. The van der Waals surface area contributed by atoms with Crippen molar-refractivity contribution in [2.45, 2.75) is 18.9 Å². The fraction of sp³-hybridized carbons (Fsp3) is 0.812. The first-order valence-electron chi connectivity index (χ1n) is 8.67. The number of carboxylic acid groups (broad SMARTS) is 1. The molecule has 0 saturated carbocycles. The number of guanidine groups is 1. The normalized spacial score (nSPS) is 11.8. The summed E-state index contributed by atoms with van der Waals surface area (Å²) in [5.41, 5.74) is 5.20. The third kappa shape index (κ3) is 12.9. The molecule has 0 aromatic carbocycles. The molecule has 0 rings (SSSR count). The molecule has 1 atom stereocenters. The van der Waals surface area contributed by atoms with Crippen molar-refractivity contribution in [1.82, 2.24) is 10.2 Å². The number of methoxy groups -OCH3 is 2. The molecule has 5 N–H and O–H groups in total. The van der Waals surface area contributed by atoms with Gasteiger partial charge in [0.25, 0.3) is 0 Å². The molecule has 27 heavy (non-hydrogen) atoms. The van der Waals surface area contributed by atoms with Gasteiger partial charge in [-0.25, -0.2) is 4.79 Å².